The summed E-state index contributed by atoms with van der Waals surface area (Å²) >= 11 is 3.92. The first kappa shape index (κ1) is 3.74. The summed E-state index contributed by atoms with van der Waals surface area (Å²) in [5.41, 5.74) is 0. The SMILES string of the molecule is S[n+]1cc[nH]c1. The minimum absolute atomic E-state index is 1.64. The van der Waals surface area contributed by atoms with Crippen LogP contribution in [-0.2, 0) is 0 Å². The lowest BCUT2D eigenvalue weighted by Crippen LogP contribution is -2.13. The largest absolute Gasteiger partial charge is 0.253 e. The van der Waals surface area contributed by atoms with Crippen LogP contribution in [0, 0.1) is 0 Å². The third kappa shape index (κ3) is 0.542. The lowest BCUT2D eigenvalue weighted by Gasteiger charge is -1.63. The van der Waals surface area contributed by atoms with Gasteiger partial charge in [-0.3, -0.25) is 0 Å². The summed E-state index contributed by atoms with van der Waals surface area (Å²) < 4.78 is 1.64. The van der Waals surface area contributed by atoms with Crippen molar-refractivity contribution in [2.45, 2.75) is 0 Å². The lowest BCUT2D eigenvalue weighted by atomic mass is 11.0. The van der Waals surface area contributed by atoms with E-state index in [1.54, 1.807) is 16.5 Å². The first-order valence-corrected chi connectivity index (χ1v) is 2.03. The Morgan fingerprint density at radius 3 is 2.67 bits per heavy atom. The third-order valence-electron chi connectivity index (χ3n) is 0.530. The second-order valence-electron chi connectivity index (χ2n) is 0.992. The maximum absolute atomic E-state index is 3.92. The molecule has 0 aliphatic heterocycles. The number of H-pyrrole nitrogens is 1. The molecule has 0 saturated heterocycles. The second-order valence-corrected chi connectivity index (χ2v) is 1.45. The van der Waals surface area contributed by atoms with Gasteiger partial charge >= 0.3 is 0 Å². The van der Waals surface area contributed by atoms with Crippen molar-refractivity contribution in [1.29, 1.82) is 0 Å². The van der Waals surface area contributed by atoms with Crippen LogP contribution in [0.3, 0.4) is 0 Å². The molecule has 6 heavy (non-hydrogen) atoms. The van der Waals surface area contributed by atoms with Crippen LogP contribution < -0.4 is 3.97 Å². The zero-order valence-corrected chi connectivity index (χ0v) is 4.02. The first-order valence-electron chi connectivity index (χ1n) is 1.63. The molecule has 0 aliphatic rings. The Morgan fingerprint density at radius 1 is 1.67 bits per heavy atom. The van der Waals surface area contributed by atoms with Crippen LogP contribution in [0.2, 0.25) is 0 Å². The van der Waals surface area contributed by atoms with Gasteiger partial charge in [0.1, 0.15) is 12.4 Å². The highest BCUT2D eigenvalue weighted by molar-refractivity contribution is 7.73. The van der Waals surface area contributed by atoms with Crippen LogP contribution in [0.4, 0.5) is 0 Å². The van der Waals surface area contributed by atoms with Crippen molar-refractivity contribution < 1.29 is 3.97 Å². The molecule has 0 fully saturated rings. The molecule has 0 atom stereocenters. The van der Waals surface area contributed by atoms with E-state index in [9.17, 15) is 0 Å². The van der Waals surface area contributed by atoms with Crippen molar-refractivity contribution in [3.63, 3.8) is 0 Å². The molecule has 1 rings (SSSR count). The molecule has 1 heterocycles. The van der Waals surface area contributed by atoms with Crippen LogP contribution >= 0.6 is 12.8 Å². The standard InChI is InChI=1S/C3H4N2S/c6-5-2-1-4-3-5/h1-3,6H/p+1. The molecule has 1 aromatic rings. The molecule has 0 aromatic carbocycles. The second kappa shape index (κ2) is 1.34. The van der Waals surface area contributed by atoms with E-state index in [1.165, 1.54) is 0 Å². The number of nitrogens with one attached hydrogen (secondary N) is 1. The van der Waals surface area contributed by atoms with E-state index in [0.717, 1.165) is 0 Å². The zero-order valence-electron chi connectivity index (χ0n) is 3.13. The van der Waals surface area contributed by atoms with E-state index < -0.39 is 0 Å². The molecule has 3 heteroatoms. The van der Waals surface area contributed by atoms with Crippen molar-refractivity contribution in [3.8, 4) is 0 Å². The molecule has 0 bridgehead atoms. The number of aromatic nitrogens is 2. The topological polar surface area (TPSA) is 19.7 Å². The van der Waals surface area contributed by atoms with E-state index >= 15 is 0 Å². The summed E-state index contributed by atoms with van der Waals surface area (Å²) in [4.78, 5) is 2.82. The van der Waals surface area contributed by atoms with E-state index in [-0.39, 0.29) is 0 Å². The van der Waals surface area contributed by atoms with Crippen LogP contribution in [0.1, 0.15) is 0 Å². The lowest BCUT2D eigenvalue weighted by molar-refractivity contribution is -0.487. The number of hydrogen-bond donors (Lipinski definition) is 2. The monoisotopic (exact) mass is 101 g/mol. The van der Waals surface area contributed by atoms with Gasteiger partial charge in [-0.1, -0.05) is 0 Å². The van der Waals surface area contributed by atoms with Crippen molar-refractivity contribution in [3.05, 3.63) is 18.7 Å². The summed E-state index contributed by atoms with van der Waals surface area (Å²) in [5.74, 6) is 0. The predicted molar refractivity (Wildman–Crippen MR) is 25.4 cm³/mol. The molecule has 0 saturated carbocycles. The minimum Gasteiger partial charge on any atom is -0.249 e. The smallest absolute Gasteiger partial charge is 0.249 e. The van der Waals surface area contributed by atoms with Crippen molar-refractivity contribution in [1.82, 2.24) is 4.98 Å². The molecular weight excluding hydrogens is 96.1 g/mol. The molecule has 0 aliphatic carbocycles. The number of rotatable bonds is 0. The maximum atomic E-state index is 3.92. The summed E-state index contributed by atoms with van der Waals surface area (Å²) in [5, 5.41) is 0. The summed E-state index contributed by atoms with van der Waals surface area (Å²) in [7, 11) is 0. The fourth-order valence-corrected chi connectivity index (χ4v) is 0.415. The molecule has 1 N–H and O–H groups in total. The Balaban J connectivity index is 3.05. The number of hydrogen-bond acceptors (Lipinski definition) is 1. The third-order valence-corrected chi connectivity index (χ3v) is 0.779. The molecular formula is C3H5N2S+. The predicted octanol–water partition coefficient (Wildman–Crippen LogP) is -0.00490. The molecule has 0 spiro atoms. The minimum atomic E-state index is 1.64. The zero-order chi connectivity index (χ0) is 4.41. The van der Waals surface area contributed by atoms with Crippen molar-refractivity contribution in [2.75, 3.05) is 0 Å². The molecule has 0 unspecified atom stereocenters. The normalized spacial score (nSPS) is 8.83. The Morgan fingerprint density at radius 2 is 2.50 bits per heavy atom. The number of aromatic amines is 1. The fourth-order valence-electron chi connectivity index (χ4n) is 0.282. The van der Waals surface area contributed by atoms with E-state index in [1.807, 2.05) is 6.20 Å². The average molecular weight is 101 g/mol. The van der Waals surface area contributed by atoms with Gasteiger partial charge in [0.05, 0.1) is 0 Å². The van der Waals surface area contributed by atoms with Gasteiger partial charge in [-0.15, -0.1) is 0 Å². The number of nitrogens with zero attached hydrogens (tertiary/aromatic N) is 1. The summed E-state index contributed by atoms with van der Waals surface area (Å²) in [6, 6.07) is 0. The van der Waals surface area contributed by atoms with Crippen molar-refractivity contribution >= 4 is 12.8 Å². The van der Waals surface area contributed by atoms with Gasteiger partial charge in [0, 0.05) is 12.8 Å². The first-order chi connectivity index (χ1) is 2.89. The summed E-state index contributed by atoms with van der Waals surface area (Å²) in [6.07, 6.45) is 5.35. The molecule has 0 radical (unpaired) electrons. The summed E-state index contributed by atoms with van der Waals surface area (Å²) in [6.45, 7) is 0. The van der Waals surface area contributed by atoms with E-state index in [2.05, 4.69) is 17.8 Å². The molecule has 32 valence electrons. The van der Waals surface area contributed by atoms with Gasteiger partial charge in [0.2, 0.25) is 0 Å². The van der Waals surface area contributed by atoms with Gasteiger partial charge in [0.25, 0.3) is 6.33 Å². The van der Waals surface area contributed by atoms with Gasteiger partial charge < -0.3 is 0 Å². The molecule has 2 nitrogen and oxygen atoms in total. The highest BCUT2D eigenvalue weighted by Crippen LogP contribution is 1.66. The van der Waals surface area contributed by atoms with Crippen LogP contribution in [-0.4, -0.2) is 4.98 Å². The number of imidazole rings is 1. The van der Waals surface area contributed by atoms with Gasteiger partial charge in [0.15, 0.2) is 0 Å². The van der Waals surface area contributed by atoms with Gasteiger partial charge in [-0.25, -0.2) is 4.98 Å². The fraction of sp³-hybridized carbons (Fsp3) is 0. The quantitative estimate of drug-likeness (QED) is 0.339. The van der Waals surface area contributed by atoms with Crippen LogP contribution in [0.5, 0.6) is 0 Å². The highest BCUT2D eigenvalue weighted by atomic mass is 32.1. The maximum Gasteiger partial charge on any atom is 0.253 e. The van der Waals surface area contributed by atoms with Crippen molar-refractivity contribution in [2.24, 2.45) is 0 Å². The van der Waals surface area contributed by atoms with Gasteiger partial charge in [-0.2, -0.15) is 3.97 Å². The van der Waals surface area contributed by atoms with Crippen LogP contribution in [0.25, 0.3) is 0 Å². The average Bonchev–Trinajstić information content (AvgIpc) is 1.86. The Hall–Kier alpha value is -0.440. The van der Waals surface area contributed by atoms with E-state index in [0.29, 0.717) is 0 Å². The highest BCUT2D eigenvalue weighted by Gasteiger charge is 1.80. The Labute approximate surface area is 41.4 Å². The van der Waals surface area contributed by atoms with E-state index in [4.69, 9.17) is 0 Å². The molecule has 1 aromatic heterocycles. The Bertz CT molecular complexity index is 112. The van der Waals surface area contributed by atoms with Gasteiger partial charge in [-0.05, 0) is 0 Å². The van der Waals surface area contributed by atoms with Crippen LogP contribution in [0.15, 0.2) is 18.7 Å². The molecule has 0 amide bonds. The number of thiol groups is 1. The Kier molecular flexibility index (Phi) is 0.837.